The van der Waals surface area contributed by atoms with Gasteiger partial charge in [0, 0.05) is 67.4 Å². The lowest BCUT2D eigenvalue weighted by Gasteiger charge is -2.35. The van der Waals surface area contributed by atoms with Crippen molar-refractivity contribution in [2.45, 2.75) is 13.3 Å². The fourth-order valence-corrected chi connectivity index (χ4v) is 3.59. The summed E-state index contributed by atoms with van der Waals surface area (Å²) in [6.07, 6.45) is 2.35. The average Bonchev–Trinajstić information content (AvgIpc) is 2.83. The SMILES string of the molecule is CCc1cc(=O)[nH]c(-c2ccc(N3CCN(C(=O)c4ccc([N+](=O)[O-])cc4)CC3)nc2)n1. The van der Waals surface area contributed by atoms with Crippen LogP contribution in [0, 0.1) is 10.1 Å². The molecule has 0 saturated carbocycles. The van der Waals surface area contributed by atoms with Gasteiger partial charge in [0.2, 0.25) is 0 Å². The van der Waals surface area contributed by atoms with Gasteiger partial charge < -0.3 is 14.8 Å². The minimum atomic E-state index is -0.487. The number of carbonyl (C=O) groups is 1. The van der Waals surface area contributed by atoms with Gasteiger partial charge in [0.05, 0.1) is 4.92 Å². The smallest absolute Gasteiger partial charge is 0.269 e. The Hall–Kier alpha value is -4.08. The second-order valence-corrected chi connectivity index (χ2v) is 7.43. The van der Waals surface area contributed by atoms with E-state index in [0.29, 0.717) is 44.0 Å². The number of hydrogen-bond donors (Lipinski definition) is 1. The molecule has 1 aromatic carbocycles. The third-order valence-corrected chi connectivity index (χ3v) is 5.39. The van der Waals surface area contributed by atoms with E-state index >= 15 is 0 Å². The monoisotopic (exact) mass is 434 g/mol. The van der Waals surface area contributed by atoms with Gasteiger partial charge in [0.1, 0.15) is 11.6 Å². The Labute approximate surface area is 183 Å². The molecule has 1 aliphatic rings. The third kappa shape index (κ3) is 4.48. The van der Waals surface area contributed by atoms with Crippen LogP contribution in [0.2, 0.25) is 0 Å². The highest BCUT2D eigenvalue weighted by molar-refractivity contribution is 5.94. The van der Waals surface area contributed by atoms with Gasteiger partial charge in [0.15, 0.2) is 0 Å². The number of nitro groups is 1. The van der Waals surface area contributed by atoms with E-state index in [2.05, 4.69) is 19.9 Å². The zero-order valence-corrected chi connectivity index (χ0v) is 17.5. The van der Waals surface area contributed by atoms with Gasteiger partial charge in [-0.15, -0.1) is 0 Å². The Morgan fingerprint density at radius 2 is 1.84 bits per heavy atom. The van der Waals surface area contributed by atoms with Crippen molar-refractivity contribution < 1.29 is 9.72 Å². The number of non-ortho nitro benzene ring substituents is 1. The average molecular weight is 434 g/mol. The van der Waals surface area contributed by atoms with Crippen molar-refractivity contribution in [3.63, 3.8) is 0 Å². The number of rotatable bonds is 5. The number of aryl methyl sites for hydroxylation is 1. The summed E-state index contributed by atoms with van der Waals surface area (Å²) in [5, 5.41) is 10.8. The summed E-state index contributed by atoms with van der Waals surface area (Å²) in [5.74, 6) is 1.13. The number of nitro benzene ring substituents is 1. The molecule has 164 valence electrons. The largest absolute Gasteiger partial charge is 0.353 e. The van der Waals surface area contributed by atoms with Crippen LogP contribution >= 0.6 is 0 Å². The number of piperazine rings is 1. The van der Waals surface area contributed by atoms with E-state index in [-0.39, 0.29) is 17.2 Å². The van der Waals surface area contributed by atoms with Gasteiger partial charge in [-0.2, -0.15) is 0 Å². The second kappa shape index (κ2) is 8.96. The fourth-order valence-electron chi connectivity index (χ4n) is 3.59. The van der Waals surface area contributed by atoms with Gasteiger partial charge in [0.25, 0.3) is 17.2 Å². The molecule has 10 nitrogen and oxygen atoms in total. The molecular weight excluding hydrogens is 412 g/mol. The van der Waals surface area contributed by atoms with E-state index in [4.69, 9.17) is 0 Å². The van der Waals surface area contributed by atoms with Crippen LogP contribution in [0.25, 0.3) is 11.4 Å². The molecule has 0 unspecified atom stereocenters. The number of amides is 1. The van der Waals surface area contributed by atoms with Gasteiger partial charge in [-0.25, -0.2) is 9.97 Å². The number of anilines is 1. The first-order valence-corrected chi connectivity index (χ1v) is 10.3. The van der Waals surface area contributed by atoms with Crippen LogP contribution in [-0.2, 0) is 6.42 Å². The summed E-state index contributed by atoms with van der Waals surface area (Å²) < 4.78 is 0. The molecule has 1 amide bonds. The molecule has 3 heterocycles. The minimum Gasteiger partial charge on any atom is -0.353 e. The van der Waals surface area contributed by atoms with Crippen LogP contribution in [0.4, 0.5) is 11.5 Å². The zero-order chi connectivity index (χ0) is 22.7. The number of carbonyl (C=O) groups excluding carboxylic acids is 1. The molecule has 0 atom stereocenters. The first kappa shape index (κ1) is 21.2. The zero-order valence-electron chi connectivity index (χ0n) is 17.5. The number of aromatic amines is 1. The molecule has 2 aromatic heterocycles. The molecular formula is C22H22N6O4. The van der Waals surface area contributed by atoms with Crippen LogP contribution in [0.15, 0.2) is 53.5 Å². The molecule has 3 aromatic rings. The molecule has 4 rings (SSSR count). The highest BCUT2D eigenvalue weighted by atomic mass is 16.6. The summed E-state index contributed by atoms with van der Waals surface area (Å²) in [5.41, 5.74) is 1.66. The summed E-state index contributed by atoms with van der Waals surface area (Å²) >= 11 is 0. The van der Waals surface area contributed by atoms with Crippen LogP contribution in [0.5, 0.6) is 0 Å². The predicted molar refractivity (Wildman–Crippen MR) is 119 cm³/mol. The number of pyridine rings is 1. The normalized spacial score (nSPS) is 13.8. The number of aromatic nitrogens is 3. The van der Waals surface area contributed by atoms with E-state index in [1.807, 2.05) is 19.1 Å². The van der Waals surface area contributed by atoms with Crippen LogP contribution in [-0.4, -0.2) is 56.9 Å². The molecule has 1 N–H and O–H groups in total. The Balaban J connectivity index is 1.40. The summed E-state index contributed by atoms with van der Waals surface area (Å²) in [6.45, 7) is 4.22. The molecule has 0 spiro atoms. The van der Waals surface area contributed by atoms with E-state index in [0.717, 1.165) is 17.1 Å². The molecule has 1 saturated heterocycles. The van der Waals surface area contributed by atoms with E-state index in [1.165, 1.54) is 30.3 Å². The van der Waals surface area contributed by atoms with Crippen molar-refractivity contribution in [3.05, 3.63) is 80.4 Å². The van der Waals surface area contributed by atoms with Crippen LogP contribution in [0.1, 0.15) is 23.0 Å². The lowest BCUT2D eigenvalue weighted by molar-refractivity contribution is -0.384. The quantitative estimate of drug-likeness (QED) is 0.482. The maximum absolute atomic E-state index is 12.7. The summed E-state index contributed by atoms with van der Waals surface area (Å²) in [6, 6.07) is 10.9. The number of nitrogens with one attached hydrogen (secondary N) is 1. The molecule has 1 fully saturated rings. The molecule has 1 aliphatic heterocycles. The van der Waals surface area contributed by atoms with Crippen molar-refractivity contribution >= 4 is 17.4 Å². The Morgan fingerprint density at radius 3 is 2.44 bits per heavy atom. The summed E-state index contributed by atoms with van der Waals surface area (Å²) in [7, 11) is 0. The first-order valence-electron chi connectivity index (χ1n) is 10.3. The third-order valence-electron chi connectivity index (χ3n) is 5.39. The lowest BCUT2D eigenvalue weighted by Crippen LogP contribution is -2.49. The van der Waals surface area contributed by atoms with Crippen LogP contribution < -0.4 is 10.5 Å². The second-order valence-electron chi connectivity index (χ2n) is 7.43. The lowest BCUT2D eigenvalue weighted by atomic mass is 10.1. The van der Waals surface area contributed by atoms with Crippen molar-refractivity contribution in [3.8, 4) is 11.4 Å². The highest BCUT2D eigenvalue weighted by Gasteiger charge is 2.23. The molecule has 10 heteroatoms. The number of nitrogens with zero attached hydrogens (tertiary/aromatic N) is 5. The molecule has 0 radical (unpaired) electrons. The number of hydrogen-bond acceptors (Lipinski definition) is 7. The van der Waals surface area contributed by atoms with Gasteiger partial charge in [-0.1, -0.05) is 6.92 Å². The Morgan fingerprint density at radius 1 is 1.12 bits per heavy atom. The Bertz CT molecular complexity index is 1180. The Kier molecular flexibility index (Phi) is 5.93. The standard InChI is InChI=1S/C22H22N6O4/c1-2-17-13-20(29)25-21(24-17)16-5-8-19(23-14-16)26-9-11-27(12-10-26)22(30)15-3-6-18(7-4-15)28(31)32/h3-8,13-14H,2,9-12H2,1H3,(H,24,25,29). The molecule has 0 aliphatic carbocycles. The van der Waals surface area contributed by atoms with E-state index in [9.17, 15) is 19.7 Å². The molecule has 32 heavy (non-hydrogen) atoms. The van der Waals surface area contributed by atoms with Crippen molar-refractivity contribution in [2.75, 3.05) is 31.1 Å². The highest BCUT2D eigenvalue weighted by Crippen LogP contribution is 2.20. The topological polar surface area (TPSA) is 125 Å². The minimum absolute atomic E-state index is 0.0402. The van der Waals surface area contributed by atoms with Crippen molar-refractivity contribution in [1.29, 1.82) is 0 Å². The van der Waals surface area contributed by atoms with E-state index < -0.39 is 4.92 Å². The number of H-pyrrole nitrogens is 1. The summed E-state index contributed by atoms with van der Waals surface area (Å²) in [4.78, 5) is 50.3. The first-order chi connectivity index (χ1) is 15.4. The molecule has 0 bridgehead atoms. The van der Waals surface area contributed by atoms with Crippen LogP contribution in [0.3, 0.4) is 0 Å². The van der Waals surface area contributed by atoms with Gasteiger partial charge >= 0.3 is 0 Å². The fraction of sp³-hybridized carbons (Fsp3) is 0.273. The number of benzene rings is 1. The van der Waals surface area contributed by atoms with Crippen molar-refractivity contribution in [1.82, 2.24) is 19.9 Å². The maximum atomic E-state index is 12.7. The van der Waals surface area contributed by atoms with E-state index in [1.54, 1.807) is 11.1 Å². The maximum Gasteiger partial charge on any atom is 0.269 e. The predicted octanol–water partition coefficient (Wildman–Crippen LogP) is 2.26. The van der Waals surface area contributed by atoms with Gasteiger partial charge in [-0.3, -0.25) is 19.7 Å². The van der Waals surface area contributed by atoms with Gasteiger partial charge in [-0.05, 0) is 30.7 Å². The van der Waals surface area contributed by atoms with Crippen molar-refractivity contribution in [2.24, 2.45) is 0 Å².